The van der Waals surface area contributed by atoms with Crippen LogP contribution in [0.5, 0.6) is 0 Å². The van der Waals surface area contributed by atoms with Crippen LogP contribution in [0.25, 0.3) is 0 Å². The summed E-state index contributed by atoms with van der Waals surface area (Å²) in [6.07, 6.45) is 4.50. The van der Waals surface area contributed by atoms with Crippen molar-refractivity contribution in [2.45, 2.75) is 51.0 Å². The zero-order valence-corrected chi connectivity index (χ0v) is 16.0. The van der Waals surface area contributed by atoms with Gasteiger partial charge in [0, 0.05) is 12.2 Å². The van der Waals surface area contributed by atoms with E-state index in [4.69, 9.17) is 0 Å². The third-order valence-corrected chi connectivity index (χ3v) is 6.12. The van der Waals surface area contributed by atoms with Crippen LogP contribution >= 0.6 is 0 Å². The molecule has 0 atom stereocenters. The molecule has 0 aromatic heterocycles. The van der Waals surface area contributed by atoms with Crippen molar-refractivity contribution in [3.8, 4) is 0 Å². The minimum atomic E-state index is -0.883. The van der Waals surface area contributed by atoms with E-state index in [-0.39, 0.29) is 18.3 Å². The summed E-state index contributed by atoms with van der Waals surface area (Å²) in [5, 5.41) is 3.62. The lowest BCUT2D eigenvalue weighted by molar-refractivity contribution is -0.139. The van der Waals surface area contributed by atoms with Crippen molar-refractivity contribution in [1.82, 2.24) is 15.8 Å². The molecular weight excluding hydrogens is 363 g/mol. The van der Waals surface area contributed by atoms with Gasteiger partial charge in [0.05, 0.1) is 6.54 Å². The molecule has 3 aliphatic rings. The van der Waals surface area contributed by atoms with Crippen molar-refractivity contribution in [3.63, 3.8) is 0 Å². The minimum absolute atomic E-state index is 0.000271. The fraction of sp³-hybridized carbons (Fsp3) is 0.550. The number of carbonyl (C=O) groups excluding carboxylic acids is 3. The maximum atomic E-state index is 13.5. The van der Waals surface area contributed by atoms with E-state index in [0.29, 0.717) is 25.3 Å². The first-order chi connectivity index (χ1) is 13.4. The summed E-state index contributed by atoms with van der Waals surface area (Å²) >= 11 is 0. The van der Waals surface area contributed by atoms with E-state index in [2.05, 4.69) is 17.7 Å². The van der Waals surface area contributed by atoms with Gasteiger partial charge in [0.25, 0.3) is 11.8 Å². The number of nitrogens with zero attached hydrogens (tertiary/aromatic N) is 2. The predicted molar refractivity (Wildman–Crippen MR) is 101 cm³/mol. The molecule has 2 N–H and O–H groups in total. The molecule has 1 saturated carbocycles. The molecule has 8 heteroatoms. The maximum Gasteiger partial charge on any atom is 0.344 e. The highest BCUT2D eigenvalue weighted by molar-refractivity contribution is 6.08. The van der Waals surface area contributed by atoms with Crippen molar-refractivity contribution in [3.05, 3.63) is 29.6 Å². The molecule has 1 spiro atoms. The van der Waals surface area contributed by atoms with Crippen LogP contribution in [0.1, 0.15) is 44.6 Å². The number of nitrogens with one attached hydrogen (secondary N) is 2. The lowest BCUT2D eigenvalue weighted by atomic mass is 9.77. The van der Waals surface area contributed by atoms with Crippen LogP contribution in [0.15, 0.2) is 18.2 Å². The van der Waals surface area contributed by atoms with Gasteiger partial charge in [0.2, 0.25) is 0 Å². The molecule has 2 aliphatic heterocycles. The summed E-state index contributed by atoms with van der Waals surface area (Å²) < 4.78 is 13.5. The number of anilines is 1. The van der Waals surface area contributed by atoms with E-state index < -0.39 is 17.5 Å². The zero-order valence-electron chi connectivity index (χ0n) is 16.0. The molecule has 0 unspecified atom stereocenters. The molecule has 4 amide bonds. The highest BCUT2D eigenvalue weighted by Crippen LogP contribution is 2.35. The van der Waals surface area contributed by atoms with Gasteiger partial charge in [-0.25, -0.2) is 9.18 Å². The van der Waals surface area contributed by atoms with E-state index >= 15 is 0 Å². The number of imide groups is 1. The van der Waals surface area contributed by atoms with Gasteiger partial charge < -0.3 is 10.2 Å². The highest BCUT2D eigenvalue weighted by atomic mass is 19.1. The molecule has 0 bridgehead atoms. The summed E-state index contributed by atoms with van der Waals surface area (Å²) in [7, 11) is 0. The summed E-state index contributed by atoms with van der Waals surface area (Å²) in [6.45, 7) is 2.80. The number of hydrogen-bond donors (Lipinski definition) is 2. The molecule has 0 radical (unpaired) electrons. The van der Waals surface area contributed by atoms with Gasteiger partial charge in [-0.3, -0.25) is 15.0 Å². The number of carbonyl (C=O) groups is 3. The van der Waals surface area contributed by atoms with E-state index in [9.17, 15) is 18.8 Å². The second-order valence-corrected chi connectivity index (χ2v) is 8.17. The van der Waals surface area contributed by atoms with Crippen LogP contribution in [-0.4, -0.2) is 41.5 Å². The first-order valence-corrected chi connectivity index (χ1v) is 9.87. The van der Waals surface area contributed by atoms with E-state index in [1.807, 2.05) is 4.90 Å². The normalized spacial score (nSPS) is 27.0. The van der Waals surface area contributed by atoms with Crippen LogP contribution in [0, 0.1) is 11.7 Å². The molecule has 7 nitrogen and oxygen atoms in total. The number of urea groups is 1. The molecule has 1 saturated heterocycles. The highest BCUT2D eigenvalue weighted by Gasteiger charge is 2.52. The van der Waals surface area contributed by atoms with E-state index in [1.54, 1.807) is 6.07 Å². The molecule has 1 aromatic carbocycles. The Hall–Kier alpha value is -2.64. The smallest absolute Gasteiger partial charge is 0.344 e. The van der Waals surface area contributed by atoms with Crippen molar-refractivity contribution >= 4 is 23.5 Å². The second kappa shape index (κ2) is 7.07. The summed E-state index contributed by atoms with van der Waals surface area (Å²) in [4.78, 5) is 39.6. The van der Waals surface area contributed by atoms with Crippen molar-refractivity contribution in [2.75, 3.05) is 18.0 Å². The van der Waals surface area contributed by atoms with Crippen LogP contribution < -0.4 is 15.6 Å². The van der Waals surface area contributed by atoms with Gasteiger partial charge in [-0.2, -0.15) is 5.01 Å². The number of aryl methyl sites for hydroxylation is 1. The average Bonchev–Trinajstić information content (AvgIpc) is 2.88. The number of fused-ring (bicyclic) bond motifs is 1. The van der Waals surface area contributed by atoms with E-state index in [0.717, 1.165) is 41.9 Å². The maximum absolute atomic E-state index is 13.5. The number of hydrazine groups is 1. The van der Waals surface area contributed by atoms with Crippen molar-refractivity contribution in [1.29, 1.82) is 0 Å². The third kappa shape index (κ3) is 3.31. The Morgan fingerprint density at radius 3 is 2.82 bits per heavy atom. The monoisotopic (exact) mass is 388 g/mol. The Bertz CT molecular complexity index is 820. The summed E-state index contributed by atoms with van der Waals surface area (Å²) in [5.74, 6) is -0.583. The molecular formula is C20H25FN4O3. The standard InChI is InChI=1S/C20H25FN4O3/c1-13-6-8-20(9-7-13)18(27)25(19(28)22-20)23-17(26)12-24-10-2-3-14-11-15(21)4-5-16(14)24/h4-5,11,13H,2-3,6-10,12H2,1H3,(H,22,28)(H,23,26). The minimum Gasteiger partial charge on any atom is -0.362 e. The largest absolute Gasteiger partial charge is 0.362 e. The quantitative estimate of drug-likeness (QED) is 0.777. The first-order valence-electron chi connectivity index (χ1n) is 9.87. The number of benzene rings is 1. The number of rotatable bonds is 3. The fourth-order valence-corrected chi connectivity index (χ4v) is 4.46. The molecule has 4 rings (SSSR count). The number of hydrogen-bond acceptors (Lipinski definition) is 4. The average molecular weight is 388 g/mol. The lowest BCUT2D eigenvalue weighted by Crippen LogP contribution is -2.53. The fourth-order valence-electron chi connectivity index (χ4n) is 4.46. The molecule has 1 aliphatic carbocycles. The molecule has 2 heterocycles. The Morgan fingerprint density at radius 2 is 2.07 bits per heavy atom. The van der Waals surface area contributed by atoms with Crippen LogP contribution in [0.2, 0.25) is 0 Å². The molecule has 150 valence electrons. The van der Waals surface area contributed by atoms with Crippen LogP contribution in [0.3, 0.4) is 0 Å². The third-order valence-electron chi connectivity index (χ3n) is 6.12. The van der Waals surface area contributed by atoms with Gasteiger partial charge in [-0.15, -0.1) is 0 Å². The molecule has 2 fully saturated rings. The topological polar surface area (TPSA) is 81.8 Å². The van der Waals surface area contributed by atoms with Gasteiger partial charge >= 0.3 is 6.03 Å². The van der Waals surface area contributed by atoms with E-state index in [1.165, 1.54) is 12.1 Å². The van der Waals surface area contributed by atoms with Gasteiger partial charge in [0.1, 0.15) is 11.4 Å². The molecule has 28 heavy (non-hydrogen) atoms. The zero-order chi connectivity index (χ0) is 19.9. The van der Waals surface area contributed by atoms with Gasteiger partial charge in [-0.05, 0) is 68.2 Å². The van der Waals surface area contributed by atoms with Crippen molar-refractivity contribution in [2.24, 2.45) is 5.92 Å². The van der Waals surface area contributed by atoms with Gasteiger partial charge in [0.15, 0.2) is 0 Å². The Labute approximate surface area is 163 Å². The second-order valence-electron chi connectivity index (χ2n) is 8.17. The Morgan fingerprint density at radius 1 is 1.32 bits per heavy atom. The lowest BCUT2D eigenvalue weighted by Gasteiger charge is -2.33. The number of amides is 4. The van der Waals surface area contributed by atoms with Crippen LogP contribution in [-0.2, 0) is 16.0 Å². The summed E-state index contributed by atoms with van der Waals surface area (Å²) in [6, 6.07) is 3.96. The Balaban J connectivity index is 1.42. The van der Waals surface area contributed by atoms with Crippen LogP contribution in [0.4, 0.5) is 14.9 Å². The van der Waals surface area contributed by atoms with Crippen molar-refractivity contribution < 1.29 is 18.8 Å². The SMILES string of the molecule is CC1CCC2(CC1)NC(=O)N(NC(=O)CN1CCCc3cc(F)ccc31)C2=O. The van der Waals surface area contributed by atoms with Gasteiger partial charge in [-0.1, -0.05) is 6.92 Å². The predicted octanol–water partition coefficient (Wildman–Crippen LogP) is 2.11. The number of halogens is 1. The summed E-state index contributed by atoms with van der Waals surface area (Å²) in [5.41, 5.74) is 3.27. The first kappa shape index (κ1) is 18.7. The Kier molecular flexibility index (Phi) is 4.72. The molecule has 1 aromatic rings.